The summed E-state index contributed by atoms with van der Waals surface area (Å²) in [5.74, 6) is 0.174. The maximum atomic E-state index is 11.4. The minimum Gasteiger partial charge on any atom is -0.455 e. The lowest BCUT2D eigenvalue weighted by atomic mass is 9.97. The molecule has 0 saturated carbocycles. The molecule has 0 unspecified atom stereocenters. The molecule has 0 spiro atoms. The highest BCUT2D eigenvalue weighted by Gasteiger charge is 2.23. The maximum absolute atomic E-state index is 11.4. The van der Waals surface area contributed by atoms with Gasteiger partial charge in [-0.25, -0.2) is 4.98 Å². The summed E-state index contributed by atoms with van der Waals surface area (Å²) in [4.78, 5) is 15.4. The van der Waals surface area contributed by atoms with Crippen LogP contribution in [0, 0.1) is 12.3 Å². The molecule has 78 valence electrons. The van der Waals surface area contributed by atoms with Crippen molar-refractivity contribution in [1.82, 2.24) is 4.98 Å². The molecular weight excluding hydrogens is 182 g/mol. The first-order chi connectivity index (χ1) is 6.39. The summed E-state index contributed by atoms with van der Waals surface area (Å²) in [7, 11) is 0. The van der Waals surface area contributed by atoms with Crippen LogP contribution in [0.15, 0.2) is 10.7 Å². The second-order valence-electron chi connectivity index (χ2n) is 4.21. The first-order valence-corrected chi connectivity index (χ1v) is 4.48. The Morgan fingerprint density at radius 1 is 1.57 bits per heavy atom. The minimum atomic E-state index is -0.484. The topological polar surface area (TPSA) is 52.3 Å². The Bertz CT molecular complexity index is 322. The van der Waals surface area contributed by atoms with Gasteiger partial charge in [0.25, 0.3) is 0 Å². The Morgan fingerprint density at radius 2 is 2.21 bits per heavy atom. The van der Waals surface area contributed by atoms with E-state index in [0.717, 1.165) is 5.69 Å². The van der Waals surface area contributed by atoms with Gasteiger partial charge in [-0.3, -0.25) is 4.79 Å². The number of carbonyl (C=O) groups excluding carboxylic acids is 1. The summed E-state index contributed by atoms with van der Waals surface area (Å²) in [5, 5.41) is 0. The zero-order chi connectivity index (χ0) is 10.8. The third kappa shape index (κ3) is 2.87. The number of aryl methyl sites for hydroxylation is 1. The van der Waals surface area contributed by atoms with Crippen molar-refractivity contribution in [3.8, 4) is 0 Å². The number of aromatic nitrogens is 1. The van der Waals surface area contributed by atoms with Gasteiger partial charge in [-0.05, 0) is 27.7 Å². The van der Waals surface area contributed by atoms with E-state index in [0.29, 0.717) is 5.89 Å². The molecule has 0 aliphatic heterocycles. The zero-order valence-corrected chi connectivity index (χ0v) is 8.96. The van der Waals surface area contributed by atoms with E-state index in [4.69, 9.17) is 9.15 Å². The number of oxazole rings is 1. The van der Waals surface area contributed by atoms with E-state index in [9.17, 15) is 4.79 Å². The zero-order valence-electron chi connectivity index (χ0n) is 8.96. The molecule has 0 radical (unpaired) electrons. The lowest BCUT2D eigenvalue weighted by Gasteiger charge is -2.15. The summed E-state index contributed by atoms with van der Waals surface area (Å²) in [6, 6.07) is 0. The number of hydrogen-bond donors (Lipinski definition) is 0. The number of carbonyl (C=O) groups is 1. The fraction of sp³-hybridized carbons (Fsp3) is 0.600. The van der Waals surface area contributed by atoms with Gasteiger partial charge in [0.1, 0.15) is 6.26 Å². The molecule has 1 aromatic rings. The van der Waals surface area contributed by atoms with Crippen molar-refractivity contribution in [2.45, 2.75) is 34.3 Å². The molecule has 1 heterocycles. The summed E-state index contributed by atoms with van der Waals surface area (Å²) >= 11 is 0. The molecule has 0 aliphatic carbocycles. The maximum Gasteiger partial charge on any atom is 0.311 e. The molecule has 0 fully saturated rings. The molecule has 0 amide bonds. The van der Waals surface area contributed by atoms with E-state index in [1.165, 1.54) is 6.26 Å². The van der Waals surface area contributed by atoms with E-state index in [1.54, 1.807) is 20.8 Å². The predicted molar refractivity (Wildman–Crippen MR) is 50.5 cm³/mol. The van der Waals surface area contributed by atoms with Crippen LogP contribution in [-0.2, 0) is 16.1 Å². The normalized spacial score (nSPS) is 11.4. The van der Waals surface area contributed by atoms with E-state index in [-0.39, 0.29) is 12.6 Å². The van der Waals surface area contributed by atoms with E-state index in [1.807, 2.05) is 6.92 Å². The van der Waals surface area contributed by atoms with Crippen LogP contribution in [-0.4, -0.2) is 11.0 Å². The van der Waals surface area contributed by atoms with Crippen LogP contribution in [0.1, 0.15) is 32.4 Å². The molecule has 0 aliphatic rings. The Hall–Kier alpha value is -1.32. The van der Waals surface area contributed by atoms with E-state index >= 15 is 0 Å². The van der Waals surface area contributed by atoms with Crippen molar-refractivity contribution in [3.05, 3.63) is 17.8 Å². The SMILES string of the molecule is Cc1coc(COC(=O)C(C)(C)C)n1. The van der Waals surface area contributed by atoms with Gasteiger partial charge in [0, 0.05) is 0 Å². The van der Waals surface area contributed by atoms with E-state index in [2.05, 4.69) is 4.98 Å². The lowest BCUT2D eigenvalue weighted by Crippen LogP contribution is -2.22. The number of hydrogen-bond acceptors (Lipinski definition) is 4. The second-order valence-corrected chi connectivity index (χ2v) is 4.21. The summed E-state index contributed by atoms with van der Waals surface area (Å²) in [6.07, 6.45) is 1.53. The van der Waals surface area contributed by atoms with Gasteiger partial charge in [0.15, 0.2) is 6.61 Å². The molecule has 0 saturated heterocycles. The third-order valence-electron chi connectivity index (χ3n) is 1.61. The van der Waals surface area contributed by atoms with Crippen LogP contribution in [0.4, 0.5) is 0 Å². The molecular formula is C10H15NO3. The van der Waals surface area contributed by atoms with Crippen LogP contribution in [0.2, 0.25) is 0 Å². The van der Waals surface area contributed by atoms with Crippen molar-refractivity contribution in [2.75, 3.05) is 0 Å². The fourth-order valence-corrected chi connectivity index (χ4v) is 0.813. The molecule has 0 atom stereocenters. The molecule has 4 heteroatoms. The van der Waals surface area contributed by atoms with Crippen molar-refractivity contribution in [2.24, 2.45) is 5.41 Å². The number of rotatable bonds is 2. The predicted octanol–water partition coefficient (Wildman–Crippen LogP) is 2.07. The van der Waals surface area contributed by atoms with Gasteiger partial charge in [-0.1, -0.05) is 0 Å². The Labute approximate surface area is 83.3 Å². The molecule has 0 N–H and O–H groups in total. The Kier molecular flexibility index (Phi) is 2.93. The van der Waals surface area contributed by atoms with Crippen LogP contribution < -0.4 is 0 Å². The van der Waals surface area contributed by atoms with E-state index < -0.39 is 5.41 Å². The highest BCUT2D eigenvalue weighted by atomic mass is 16.5. The molecule has 4 nitrogen and oxygen atoms in total. The van der Waals surface area contributed by atoms with Gasteiger partial charge in [0.05, 0.1) is 11.1 Å². The first-order valence-electron chi connectivity index (χ1n) is 4.48. The third-order valence-corrected chi connectivity index (χ3v) is 1.61. The quantitative estimate of drug-likeness (QED) is 0.681. The average Bonchev–Trinajstić information content (AvgIpc) is 2.45. The molecule has 1 aromatic heterocycles. The van der Waals surface area contributed by atoms with Crippen LogP contribution in [0.5, 0.6) is 0 Å². The molecule has 0 bridgehead atoms. The van der Waals surface area contributed by atoms with Gasteiger partial charge in [-0.15, -0.1) is 0 Å². The van der Waals surface area contributed by atoms with Crippen LogP contribution in [0.3, 0.4) is 0 Å². The fourth-order valence-electron chi connectivity index (χ4n) is 0.813. The second kappa shape index (κ2) is 3.82. The van der Waals surface area contributed by atoms with Gasteiger partial charge in [-0.2, -0.15) is 0 Å². The Morgan fingerprint density at radius 3 is 2.64 bits per heavy atom. The molecule has 0 aromatic carbocycles. The lowest BCUT2D eigenvalue weighted by molar-refractivity contribution is -0.155. The van der Waals surface area contributed by atoms with Crippen molar-refractivity contribution < 1.29 is 13.9 Å². The minimum absolute atomic E-state index is 0.101. The van der Waals surface area contributed by atoms with Crippen molar-refractivity contribution in [1.29, 1.82) is 0 Å². The van der Waals surface area contributed by atoms with Gasteiger partial charge < -0.3 is 9.15 Å². The smallest absolute Gasteiger partial charge is 0.311 e. The number of esters is 1. The van der Waals surface area contributed by atoms with Gasteiger partial charge in [0.2, 0.25) is 5.89 Å². The standard InChI is InChI=1S/C10H15NO3/c1-7-5-13-8(11-7)6-14-9(12)10(2,3)4/h5H,6H2,1-4H3. The number of nitrogens with zero attached hydrogens (tertiary/aromatic N) is 1. The number of ether oxygens (including phenoxy) is 1. The average molecular weight is 197 g/mol. The first kappa shape index (κ1) is 10.8. The summed E-state index contributed by atoms with van der Waals surface area (Å²) in [5.41, 5.74) is 0.300. The van der Waals surface area contributed by atoms with Gasteiger partial charge >= 0.3 is 5.97 Å². The van der Waals surface area contributed by atoms with Crippen molar-refractivity contribution >= 4 is 5.97 Å². The highest BCUT2D eigenvalue weighted by Crippen LogP contribution is 2.16. The summed E-state index contributed by atoms with van der Waals surface area (Å²) in [6.45, 7) is 7.32. The summed E-state index contributed by atoms with van der Waals surface area (Å²) < 4.78 is 10.0. The highest BCUT2D eigenvalue weighted by molar-refractivity contribution is 5.75. The molecule has 14 heavy (non-hydrogen) atoms. The monoisotopic (exact) mass is 197 g/mol. The van der Waals surface area contributed by atoms with Crippen LogP contribution >= 0.6 is 0 Å². The van der Waals surface area contributed by atoms with Crippen LogP contribution in [0.25, 0.3) is 0 Å². The van der Waals surface area contributed by atoms with Crippen molar-refractivity contribution in [3.63, 3.8) is 0 Å². The molecule has 1 rings (SSSR count). The Balaban J connectivity index is 2.46. The largest absolute Gasteiger partial charge is 0.455 e.